The summed E-state index contributed by atoms with van der Waals surface area (Å²) >= 11 is 0. The molecule has 0 saturated carbocycles. The van der Waals surface area contributed by atoms with E-state index in [0.29, 0.717) is 6.54 Å². The number of carbonyl (C=O) groups excluding carboxylic acids is 2. The van der Waals surface area contributed by atoms with Gasteiger partial charge in [-0.25, -0.2) is 4.39 Å². The van der Waals surface area contributed by atoms with Gasteiger partial charge in [0.2, 0.25) is 11.8 Å². The Bertz CT molecular complexity index is 980. The number of hydrogen-bond acceptors (Lipinski definition) is 4. The molecule has 4 atom stereocenters. The van der Waals surface area contributed by atoms with Gasteiger partial charge < -0.3 is 15.0 Å². The predicted molar refractivity (Wildman–Crippen MR) is 98.6 cm³/mol. The third-order valence-corrected chi connectivity index (χ3v) is 5.76. The summed E-state index contributed by atoms with van der Waals surface area (Å²) in [6.07, 6.45) is 6.58. The molecular formula is C21H18FN3O3. The van der Waals surface area contributed by atoms with Gasteiger partial charge in [0.15, 0.2) is 0 Å². The number of ether oxygens (including phenoxy) is 1. The Hall–Kier alpha value is -3.06. The second-order valence-electron chi connectivity index (χ2n) is 7.35. The van der Waals surface area contributed by atoms with Gasteiger partial charge in [-0.2, -0.15) is 0 Å². The van der Waals surface area contributed by atoms with E-state index in [0.717, 1.165) is 5.56 Å². The largest absolute Gasteiger partial charge is 0.360 e. The summed E-state index contributed by atoms with van der Waals surface area (Å²) in [5, 5.41) is 2.90. The molecule has 2 aromatic rings. The van der Waals surface area contributed by atoms with Crippen LogP contribution in [0.1, 0.15) is 5.56 Å². The lowest BCUT2D eigenvalue weighted by molar-refractivity contribution is -0.132. The van der Waals surface area contributed by atoms with Gasteiger partial charge in [-0.1, -0.05) is 24.3 Å². The number of aromatic nitrogens is 1. The number of rotatable bonds is 4. The van der Waals surface area contributed by atoms with Gasteiger partial charge in [0.25, 0.3) is 0 Å². The smallest absolute Gasteiger partial charge is 0.234 e. The van der Waals surface area contributed by atoms with Crippen LogP contribution in [0.4, 0.5) is 10.1 Å². The molecule has 2 bridgehead atoms. The zero-order chi connectivity index (χ0) is 19.3. The number of hydrogen-bond donors (Lipinski definition) is 1. The normalized spacial score (nSPS) is 30.0. The Balaban J connectivity index is 1.40. The van der Waals surface area contributed by atoms with Crippen molar-refractivity contribution in [3.05, 3.63) is 72.3 Å². The van der Waals surface area contributed by atoms with Gasteiger partial charge in [0.05, 0.1) is 30.2 Å². The maximum atomic E-state index is 14.3. The maximum absolute atomic E-state index is 14.3. The van der Waals surface area contributed by atoms with Crippen molar-refractivity contribution >= 4 is 17.5 Å². The molecule has 1 aromatic heterocycles. The van der Waals surface area contributed by atoms with Crippen molar-refractivity contribution in [1.82, 2.24) is 10.3 Å². The number of amides is 2. The minimum Gasteiger partial charge on any atom is -0.360 e. The number of anilines is 1. The molecule has 2 saturated heterocycles. The maximum Gasteiger partial charge on any atom is 0.234 e. The van der Waals surface area contributed by atoms with Crippen molar-refractivity contribution < 1.29 is 18.7 Å². The third kappa shape index (κ3) is 2.46. The average Bonchev–Trinajstić information content (AvgIpc) is 3.36. The number of carbonyl (C=O) groups is 2. The van der Waals surface area contributed by atoms with E-state index in [1.807, 2.05) is 24.3 Å². The fourth-order valence-electron chi connectivity index (χ4n) is 4.48. The van der Waals surface area contributed by atoms with Gasteiger partial charge in [0.1, 0.15) is 11.4 Å². The zero-order valence-corrected chi connectivity index (χ0v) is 14.9. The van der Waals surface area contributed by atoms with Gasteiger partial charge in [0, 0.05) is 18.9 Å². The van der Waals surface area contributed by atoms with Crippen LogP contribution in [0.2, 0.25) is 0 Å². The monoisotopic (exact) mass is 379 g/mol. The van der Waals surface area contributed by atoms with Gasteiger partial charge >= 0.3 is 0 Å². The summed E-state index contributed by atoms with van der Waals surface area (Å²) in [7, 11) is 0. The molecule has 0 unspecified atom stereocenters. The topological polar surface area (TPSA) is 71.5 Å². The highest BCUT2D eigenvalue weighted by Crippen LogP contribution is 2.52. The first-order valence-electron chi connectivity index (χ1n) is 9.19. The molecule has 3 aliphatic rings. The molecule has 5 rings (SSSR count). The van der Waals surface area contributed by atoms with Crippen LogP contribution in [-0.4, -0.2) is 35.0 Å². The van der Waals surface area contributed by atoms with Crippen LogP contribution in [0, 0.1) is 17.7 Å². The van der Waals surface area contributed by atoms with E-state index in [9.17, 15) is 14.0 Å². The number of pyridine rings is 1. The van der Waals surface area contributed by atoms with Crippen LogP contribution in [0.5, 0.6) is 0 Å². The molecule has 1 N–H and O–H groups in total. The molecule has 0 aliphatic carbocycles. The van der Waals surface area contributed by atoms with Crippen LogP contribution < -0.4 is 10.2 Å². The molecule has 7 heteroatoms. The Morgan fingerprint density at radius 1 is 1.29 bits per heavy atom. The molecule has 1 spiro atoms. The number of nitrogens with zero attached hydrogens (tertiary/aromatic N) is 2. The molecule has 142 valence electrons. The third-order valence-electron chi connectivity index (χ3n) is 5.76. The van der Waals surface area contributed by atoms with E-state index in [1.54, 1.807) is 30.6 Å². The summed E-state index contributed by atoms with van der Waals surface area (Å²) in [5.74, 6) is -2.26. The number of benzene rings is 1. The van der Waals surface area contributed by atoms with Crippen LogP contribution >= 0.6 is 0 Å². The highest BCUT2D eigenvalue weighted by Gasteiger charge is 2.67. The van der Waals surface area contributed by atoms with Crippen LogP contribution in [-0.2, 0) is 20.9 Å². The van der Waals surface area contributed by atoms with Crippen molar-refractivity contribution in [3.8, 4) is 0 Å². The Morgan fingerprint density at radius 3 is 2.86 bits per heavy atom. The number of nitrogens with one attached hydrogen (secondary N) is 1. The summed E-state index contributed by atoms with van der Waals surface area (Å²) < 4.78 is 20.3. The van der Waals surface area contributed by atoms with Crippen LogP contribution in [0.15, 0.2) is 60.9 Å². The molecule has 1 aromatic carbocycles. The van der Waals surface area contributed by atoms with Crippen molar-refractivity contribution in [3.63, 3.8) is 0 Å². The van der Waals surface area contributed by atoms with Crippen molar-refractivity contribution in [2.75, 3.05) is 11.4 Å². The summed E-state index contributed by atoms with van der Waals surface area (Å²) in [5.41, 5.74) is 0.263. The highest BCUT2D eigenvalue weighted by atomic mass is 19.1. The summed E-state index contributed by atoms with van der Waals surface area (Å²) in [4.78, 5) is 31.4. The zero-order valence-electron chi connectivity index (χ0n) is 14.9. The molecular weight excluding hydrogens is 361 g/mol. The molecule has 3 aliphatic heterocycles. The van der Waals surface area contributed by atoms with Crippen LogP contribution in [0.25, 0.3) is 0 Å². The Labute approximate surface area is 161 Å². The van der Waals surface area contributed by atoms with Gasteiger partial charge in [-0.3, -0.25) is 14.6 Å². The van der Waals surface area contributed by atoms with Crippen LogP contribution in [0.3, 0.4) is 0 Å². The lowest BCUT2D eigenvalue weighted by atomic mass is 9.77. The molecule has 28 heavy (non-hydrogen) atoms. The summed E-state index contributed by atoms with van der Waals surface area (Å²) in [6.45, 7) is 0.553. The number of halogens is 1. The van der Waals surface area contributed by atoms with Crippen molar-refractivity contribution in [2.24, 2.45) is 11.8 Å². The van der Waals surface area contributed by atoms with E-state index in [-0.39, 0.29) is 24.0 Å². The molecule has 6 nitrogen and oxygen atoms in total. The fourth-order valence-corrected chi connectivity index (χ4v) is 4.48. The average molecular weight is 379 g/mol. The first kappa shape index (κ1) is 17.1. The lowest BCUT2D eigenvalue weighted by Gasteiger charge is -2.23. The lowest BCUT2D eigenvalue weighted by Crippen LogP contribution is -2.44. The van der Waals surface area contributed by atoms with Gasteiger partial charge in [-0.15, -0.1) is 0 Å². The highest BCUT2D eigenvalue weighted by molar-refractivity contribution is 6.03. The quantitative estimate of drug-likeness (QED) is 0.823. The summed E-state index contributed by atoms with van der Waals surface area (Å²) in [6, 6.07) is 9.79. The first-order chi connectivity index (χ1) is 13.6. The van der Waals surface area contributed by atoms with E-state index < -0.39 is 29.4 Å². The fraction of sp³-hybridized carbons (Fsp3) is 0.286. The predicted octanol–water partition coefficient (Wildman–Crippen LogP) is 1.82. The van der Waals surface area contributed by atoms with E-state index >= 15 is 0 Å². The van der Waals surface area contributed by atoms with Crippen molar-refractivity contribution in [1.29, 1.82) is 0 Å². The first-order valence-corrected chi connectivity index (χ1v) is 9.19. The van der Waals surface area contributed by atoms with E-state index in [1.165, 1.54) is 11.0 Å². The van der Waals surface area contributed by atoms with Crippen molar-refractivity contribution in [2.45, 2.75) is 18.2 Å². The van der Waals surface area contributed by atoms with E-state index in [4.69, 9.17) is 4.74 Å². The van der Waals surface area contributed by atoms with Gasteiger partial charge in [-0.05, 0) is 29.8 Å². The second-order valence-corrected chi connectivity index (χ2v) is 7.35. The minimum absolute atomic E-state index is 0.207. The Morgan fingerprint density at radius 2 is 2.07 bits per heavy atom. The standard InChI is InChI=1S/C21H18FN3O3/c22-14-3-1-2-4-15(14)25-12-21-8-5-16(28-21)17(18(21)20(25)27)19(26)24-11-13-6-9-23-10-7-13/h1-10,16-18H,11-12H2,(H,24,26)/t16-,17+,18+,21+/m1/s1. The molecule has 2 fully saturated rings. The van der Waals surface area contributed by atoms with E-state index in [2.05, 4.69) is 10.3 Å². The molecule has 2 amide bonds. The molecule has 0 radical (unpaired) electrons. The number of para-hydroxylation sites is 1. The molecule has 4 heterocycles. The number of fused-ring (bicyclic) bond motifs is 1. The second kappa shape index (κ2) is 6.24. The SMILES string of the molecule is O=C(NCc1ccncc1)[C@@H]1[C@H]2C(=O)N(c3ccccc3F)C[C@@]23C=C[C@H]1O3. The minimum atomic E-state index is -0.872. The Kier molecular flexibility index (Phi) is 3.80.